The Morgan fingerprint density at radius 2 is 0.520 bits per heavy atom. The Labute approximate surface area is 464 Å². The summed E-state index contributed by atoms with van der Waals surface area (Å²) in [6, 6.07) is 0. The Bertz CT molecular complexity index is 1480. The van der Waals surface area contributed by atoms with Crippen LogP contribution in [0.3, 0.4) is 0 Å². The third-order valence-electron chi connectivity index (χ3n) is 13.6. The van der Waals surface area contributed by atoms with Crippen LogP contribution in [0.25, 0.3) is 0 Å². The molecule has 0 aliphatic carbocycles. The van der Waals surface area contributed by atoms with Crippen LogP contribution in [-0.2, 0) is 28.6 Å². The van der Waals surface area contributed by atoms with Crippen LogP contribution in [0, 0.1) is 0 Å². The molecule has 0 bridgehead atoms. The summed E-state index contributed by atoms with van der Waals surface area (Å²) in [5.74, 6) is -0.900. The van der Waals surface area contributed by atoms with Crippen molar-refractivity contribution in [3.8, 4) is 0 Å². The monoisotopic (exact) mass is 1040 g/mol. The second-order valence-corrected chi connectivity index (χ2v) is 20.9. The van der Waals surface area contributed by atoms with Crippen molar-refractivity contribution in [2.24, 2.45) is 0 Å². The Kier molecular flexibility index (Phi) is 59.8. The van der Waals surface area contributed by atoms with Crippen molar-refractivity contribution in [1.29, 1.82) is 0 Å². The van der Waals surface area contributed by atoms with Crippen LogP contribution in [0.2, 0.25) is 0 Å². The molecule has 0 aliphatic rings. The van der Waals surface area contributed by atoms with E-state index in [1.807, 2.05) is 0 Å². The van der Waals surface area contributed by atoms with Crippen molar-refractivity contribution in [2.75, 3.05) is 13.2 Å². The standard InChI is InChI=1S/C69H118O6/c1-4-7-10-13-15-17-19-21-23-25-27-29-31-32-33-34-35-36-38-39-41-43-45-47-49-51-53-56-59-62-68(71)74-65-66(64-73-67(70)61-58-55-12-9-6-3)75-69(72)63-60-57-54-52-50-48-46-44-42-40-37-30-28-26-24-22-20-18-16-14-11-8-5-2/h7,10,15,17,21,23,26-29,32-33,35-36,39,41,66H,4-6,8-9,11-14,16,18-20,22,24-25,30-31,34,37-38,40,42-65H2,1-3H3/b10-7-,17-15-,23-21-,28-26-,29-27-,33-32-,36-35-,41-39-. The summed E-state index contributed by atoms with van der Waals surface area (Å²) >= 11 is 0. The van der Waals surface area contributed by atoms with E-state index in [0.717, 1.165) is 116 Å². The second kappa shape index (κ2) is 62.9. The molecule has 0 saturated heterocycles. The van der Waals surface area contributed by atoms with E-state index in [9.17, 15) is 14.4 Å². The molecule has 1 unspecified atom stereocenters. The lowest BCUT2D eigenvalue weighted by molar-refractivity contribution is -0.167. The van der Waals surface area contributed by atoms with Crippen LogP contribution in [0.4, 0.5) is 0 Å². The minimum atomic E-state index is -0.780. The van der Waals surface area contributed by atoms with Gasteiger partial charge in [-0.1, -0.05) is 279 Å². The molecule has 0 saturated carbocycles. The molecule has 0 fully saturated rings. The van der Waals surface area contributed by atoms with Crippen LogP contribution in [-0.4, -0.2) is 37.2 Å². The third-order valence-corrected chi connectivity index (χ3v) is 13.6. The van der Waals surface area contributed by atoms with Gasteiger partial charge in [-0.05, 0) is 103 Å². The number of allylic oxidation sites excluding steroid dienone is 16. The van der Waals surface area contributed by atoms with E-state index in [-0.39, 0.29) is 31.1 Å². The SMILES string of the molecule is CC/C=C\C/C=C\C/C=C\C/C=C\C/C=C\C/C=C\C/C=C\CCCCCCCCCC(=O)OCC(COC(=O)CCCCCCC)OC(=O)CCCCCCCCCCCCC/C=C\CCCCCCCCCC. The zero-order valence-corrected chi connectivity index (χ0v) is 49.3. The molecule has 0 aromatic rings. The number of unbranched alkanes of at least 4 members (excludes halogenated alkanes) is 30. The maximum atomic E-state index is 12.8. The maximum absolute atomic E-state index is 12.8. The van der Waals surface area contributed by atoms with Gasteiger partial charge >= 0.3 is 17.9 Å². The van der Waals surface area contributed by atoms with Crippen molar-refractivity contribution in [1.82, 2.24) is 0 Å². The van der Waals surface area contributed by atoms with Gasteiger partial charge in [0.05, 0.1) is 0 Å². The fourth-order valence-corrected chi connectivity index (χ4v) is 8.83. The van der Waals surface area contributed by atoms with Gasteiger partial charge in [-0.25, -0.2) is 0 Å². The lowest BCUT2D eigenvalue weighted by atomic mass is 10.0. The fourth-order valence-electron chi connectivity index (χ4n) is 8.83. The van der Waals surface area contributed by atoms with Crippen LogP contribution >= 0.6 is 0 Å². The number of carbonyl (C=O) groups excluding carboxylic acids is 3. The zero-order valence-electron chi connectivity index (χ0n) is 49.3. The summed E-state index contributed by atoms with van der Waals surface area (Å²) in [7, 11) is 0. The van der Waals surface area contributed by atoms with Gasteiger partial charge < -0.3 is 14.2 Å². The first-order valence-corrected chi connectivity index (χ1v) is 31.7. The molecule has 0 rings (SSSR count). The number of hydrogen-bond donors (Lipinski definition) is 0. The Balaban J connectivity index is 4.09. The lowest BCUT2D eigenvalue weighted by Crippen LogP contribution is -2.30. The molecule has 6 nitrogen and oxygen atoms in total. The van der Waals surface area contributed by atoms with Gasteiger partial charge in [-0.2, -0.15) is 0 Å². The van der Waals surface area contributed by atoms with Gasteiger partial charge in [0.25, 0.3) is 0 Å². The van der Waals surface area contributed by atoms with Gasteiger partial charge in [0.15, 0.2) is 6.10 Å². The molecular weight excluding hydrogens is 925 g/mol. The fraction of sp³-hybridized carbons (Fsp3) is 0.725. The molecule has 0 aromatic carbocycles. The van der Waals surface area contributed by atoms with E-state index in [2.05, 4.69) is 118 Å². The Morgan fingerprint density at radius 1 is 0.280 bits per heavy atom. The molecule has 0 aromatic heterocycles. The molecule has 0 amide bonds. The van der Waals surface area contributed by atoms with Gasteiger partial charge in [0.1, 0.15) is 13.2 Å². The van der Waals surface area contributed by atoms with Gasteiger partial charge in [-0.3, -0.25) is 14.4 Å². The van der Waals surface area contributed by atoms with Gasteiger partial charge in [0, 0.05) is 19.3 Å². The van der Waals surface area contributed by atoms with E-state index in [1.54, 1.807) is 0 Å². The highest BCUT2D eigenvalue weighted by Gasteiger charge is 2.19. The van der Waals surface area contributed by atoms with Crippen LogP contribution in [0.15, 0.2) is 97.2 Å². The minimum Gasteiger partial charge on any atom is -0.462 e. The Morgan fingerprint density at radius 3 is 0.827 bits per heavy atom. The summed E-state index contributed by atoms with van der Waals surface area (Å²) in [6.45, 7) is 6.45. The molecule has 1 atom stereocenters. The van der Waals surface area contributed by atoms with Crippen LogP contribution in [0.5, 0.6) is 0 Å². The normalized spacial score (nSPS) is 12.7. The number of hydrogen-bond acceptors (Lipinski definition) is 6. The van der Waals surface area contributed by atoms with Crippen molar-refractivity contribution >= 4 is 17.9 Å². The van der Waals surface area contributed by atoms with E-state index in [0.29, 0.717) is 19.3 Å². The third kappa shape index (κ3) is 61.1. The minimum absolute atomic E-state index is 0.0808. The summed E-state index contributed by atoms with van der Waals surface area (Å²) in [5, 5.41) is 0. The van der Waals surface area contributed by atoms with Crippen molar-refractivity contribution in [3.05, 3.63) is 97.2 Å². The predicted molar refractivity (Wildman–Crippen MR) is 325 cm³/mol. The zero-order chi connectivity index (χ0) is 54.3. The average Bonchev–Trinajstić information content (AvgIpc) is 3.41. The van der Waals surface area contributed by atoms with Crippen molar-refractivity contribution in [2.45, 2.75) is 309 Å². The number of carbonyl (C=O) groups is 3. The van der Waals surface area contributed by atoms with E-state index in [1.165, 1.54) is 148 Å². The van der Waals surface area contributed by atoms with E-state index >= 15 is 0 Å². The first-order chi connectivity index (χ1) is 37.0. The van der Waals surface area contributed by atoms with E-state index in [4.69, 9.17) is 14.2 Å². The first kappa shape index (κ1) is 71.3. The average molecular weight is 1040 g/mol. The summed E-state index contributed by atoms with van der Waals surface area (Å²) in [4.78, 5) is 37.9. The molecule has 0 spiro atoms. The highest BCUT2D eigenvalue weighted by molar-refractivity contribution is 5.71. The number of rotatable bonds is 57. The highest BCUT2D eigenvalue weighted by Crippen LogP contribution is 2.16. The first-order valence-electron chi connectivity index (χ1n) is 31.7. The topological polar surface area (TPSA) is 78.9 Å². The molecule has 75 heavy (non-hydrogen) atoms. The van der Waals surface area contributed by atoms with Crippen molar-refractivity contribution < 1.29 is 28.6 Å². The molecule has 0 N–H and O–H groups in total. The second-order valence-electron chi connectivity index (χ2n) is 20.9. The molecule has 430 valence electrons. The number of ether oxygens (including phenoxy) is 3. The van der Waals surface area contributed by atoms with Crippen molar-refractivity contribution in [3.63, 3.8) is 0 Å². The molecular formula is C69H118O6. The predicted octanol–water partition coefficient (Wildman–Crippen LogP) is 21.7. The van der Waals surface area contributed by atoms with E-state index < -0.39 is 6.10 Å². The van der Waals surface area contributed by atoms with Gasteiger partial charge in [0.2, 0.25) is 0 Å². The summed E-state index contributed by atoms with van der Waals surface area (Å²) in [6.07, 6.45) is 84.6. The number of esters is 3. The summed E-state index contributed by atoms with van der Waals surface area (Å²) in [5.41, 5.74) is 0. The largest absolute Gasteiger partial charge is 0.462 e. The van der Waals surface area contributed by atoms with Crippen LogP contribution in [0.1, 0.15) is 303 Å². The lowest BCUT2D eigenvalue weighted by Gasteiger charge is -2.18. The summed E-state index contributed by atoms with van der Waals surface area (Å²) < 4.78 is 16.8. The molecule has 0 heterocycles. The maximum Gasteiger partial charge on any atom is 0.306 e. The molecule has 6 heteroatoms. The highest BCUT2D eigenvalue weighted by atomic mass is 16.6. The molecule has 0 aliphatic heterocycles. The van der Waals surface area contributed by atoms with Gasteiger partial charge in [-0.15, -0.1) is 0 Å². The Hall–Kier alpha value is -3.67. The molecule has 0 radical (unpaired) electrons. The van der Waals surface area contributed by atoms with Crippen LogP contribution < -0.4 is 0 Å². The quantitative estimate of drug-likeness (QED) is 0.0261. The smallest absolute Gasteiger partial charge is 0.306 e.